The first-order valence-electron chi connectivity index (χ1n) is 6.06. The second-order valence-corrected chi connectivity index (χ2v) is 6.03. The van der Waals surface area contributed by atoms with Gasteiger partial charge in [0, 0.05) is 10.6 Å². The molecule has 6 nitrogen and oxygen atoms in total. The molecule has 20 heavy (non-hydrogen) atoms. The summed E-state index contributed by atoms with van der Waals surface area (Å²) < 4.78 is 13.6. The van der Waals surface area contributed by atoms with E-state index < -0.39 is 16.8 Å². The highest BCUT2D eigenvalue weighted by Gasteiger charge is 2.11. The zero-order valence-corrected chi connectivity index (χ0v) is 12.1. The Morgan fingerprint density at radius 1 is 1.40 bits per heavy atom. The SMILES string of the molecule is Cc1ccc(S(=O)CCn2cc(C(=O)O)nn2)c(C)c1. The summed E-state index contributed by atoms with van der Waals surface area (Å²) in [6.07, 6.45) is 1.33. The fraction of sp³-hybridized carbons (Fsp3) is 0.308. The van der Waals surface area contributed by atoms with Gasteiger partial charge in [0.05, 0.1) is 23.5 Å². The average Bonchev–Trinajstić information content (AvgIpc) is 2.85. The van der Waals surface area contributed by atoms with E-state index in [0.29, 0.717) is 12.3 Å². The van der Waals surface area contributed by atoms with Crippen LogP contribution in [0.4, 0.5) is 0 Å². The van der Waals surface area contributed by atoms with Crippen LogP contribution in [0.2, 0.25) is 0 Å². The van der Waals surface area contributed by atoms with Crippen LogP contribution >= 0.6 is 0 Å². The summed E-state index contributed by atoms with van der Waals surface area (Å²) in [4.78, 5) is 11.5. The van der Waals surface area contributed by atoms with Crippen LogP contribution in [0.5, 0.6) is 0 Å². The monoisotopic (exact) mass is 293 g/mol. The highest BCUT2D eigenvalue weighted by Crippen LogP contribution is 2.15. The molecule has 1 heterocycles. The number of aromatic nitrogens is 3. The van der Waals surface area contributed by atoms with Gasteiger partial charge >= 0.3 is 5.97 Å². The summed E-state index contributed by atoms with van der Waals surface area (Å²) in [6, 6.07) is 5.79. The standard InChI is InChI=1S/C13H15N3O3S/c1-9-3-4-12(10(2)7-9)20(19)6-5-16-8-11(13(17)18)14-15-16/h3-4,7-8H,5-6H2,1-2H3,(H,17,18). The van der Waals surface area contributed by atoms with Gasteiger partial charge in [0.25, 0.3) is 0 Å². The molecule has 2 aromatic rings. The van der Waals surface area contributed by atoms with Crippen LogP contribution in [0.15, 0.2) is 29.3 Å². The van der Waals surface area contributed by atoms with E-state index in [1.54, 1.807) is 0 Å². The Morgan fingerprint density at radius 2 is 2.15 bits per heavy atom. The van der Waals surface area contributed by atoms with Gasteiger partial charge in [-0.15, -0.1) is 5.10 Å². The Kier molecular flexibility index (Phi) is 4.29. The van der Waals surface area contributed by atoms with Crippen LogP contribution < -0.4 is 0 Å². The number of rotatable bonds is 5. The molecule has 1 atom stereocenters. The van der Waals surface area contributed by atoms with Crippen LogP contribution in [0.3, 0.4) is 0 Å². The molecule has 0 amide bonds. The number of nitrogens with zero attached hydrogens (tertiary/aromatic N) is 3. The third-order valence-corrected chi connectivity index (χ3v) is 4.34. The second-order valence-electron chi connectivity index (χ2n) is 4.49. The molecule has 0 aliphatic carbocycles. The van der Waals surface area contributed by atoms with Crippen LogP contribution in [0.25, 0.3) is 0 Å². The minimum atomic E-state index is -1.14. The van der Waals surface area contributed by atoms with Gasteiger partial charge in [-0.1, -0.05) is 22.9 Å². The lowest BCUT2D eigenvalue weighted by atomic mass is 10.2. The van der Waals surface area contributed by atoms with Crippen molar-refractivity contribution in [3.05, 3.63) is 41.2 Å². The van der Waals surface area contributed by atoms with E-state index in [1.807, 2.05) is 32.0 Å². The van der Waals surface area contributed by atoms with Crippen LogP contribution in [0, 0.1) is 13.8 Å². The average molecular weight is 293 g/mol. The highest BCUT2D eigenvalue weighted by atomic mass is 32.2. The van der Waals surface area contributed by atoms with Crippen molar-refractivity contribution in [2.45, 2.75) is 25.3 Å². The highest BCUT2D eigenvalue weighted by molar-refractivity contribution is 7.85. The lowest BCUT2D eigenvalue weighted by Gasteiger charge is -2.06. The fourth-order valence-electron chi connectivity index (χ4n) is 1.85. The molecule has 0 bridgehead atoms. The Hall–Kier alpha value is -2.02. The lowest BCUT2D eigenvalue weighted by Crippen LogP contribution is -2.09. The third-order valence-electron chi connectivity index (χ3n) is 2.84. The van der Waals surface area contributed by atoms with Gasteiger partial charge in [-0.05, 0) is 25.5 Å². The molecule has 1 aromatic heterocycles. The molecule has 0 fully saturated rings. The molecule has 1 unspecified atom stereocenters. The smallest absolute Gasteiger partial charge is 0.358 e. The molecule has 0 spiro atoms. The van der Waals surface area contributed by atoms with Gasteiger partial charge in [-0.3, -0.25) is 8.89 Å². The van der Waals surface area contributed by atoms with E-state index in [-0.39, 0.29) is 5.69 Å². The summed E-state index contributed by atoms with van der Waals surface area (Å²) >= 11 is 0. The zero-order chi connectivity index (χ0) is 14.7. The first-order chi connectivity index (χ1) is 9.47. The first kappa shape index (κ1) is 14.4. The number of hydrogen-bond donors (Lipinski definition) is 1. The molecule has 2 rings (SSSR count). The van der Waals surface area contributed by atoms with Crippen molar-refractivity contribution in [2.24, 2.45) is 0 Å². The lowest BCUT2D eigenvalue weighted by molar-refractivity contribution is 0.0690. The number of hydrogen-bond acceptors (Lipinski definition) is 4. The Labute approximate surface area is 118 Å². The van der Waals surface area contributed by atoms with Crippen molar-refractivity contribution in [1.29, 1.82) is 0 Å². The molecular weight excluding hydrogens is 278 g/mol. The maximum Gasteiger partial charge on any atom is 0.358 e. The molecule has 0 radical (unpaired) electrons. The quantitative estimate of drug-likeness (QED) is 0.900. The summed E-state index contributed by atoms with van der Waals surface area (Å²) in [5, 5.41) is 15.9. The zero-order valence-electron chi connectivity index (χ0n) is 11.2. The summed E-state index contributed by atoms with van der Waals surface area (Å²) in [7, 11) is -1.14. The first-order valence-corrected chi connectivity index (χ1v) is 7.38. The minimum Gasteiger partial charge on any atom is -0.476 e. The van der Waals surface area contributed by atoms with Crippen LogP contribution in [-0.2, 0) is 17.3 Å². The van der Waals surface area contributed by atoms with E-state index in [9.17, 15) is 9.00 Å². The molecule has 0 aliphatic rings. The van der Waals surface area contributed by atoms with E-state index in [0.717, 1.165) is 16.0 Å². The van der Waals surface area contributed by atoms with Crippen LogP contribution in [-0.4, -0.2) is 36.0 Å². The van der Waals surface area contributed by atoms with Crippen molar-refractivity contribution in [3.63, 3.8) is 0 Å². The topological polar surface area (TPSA) is 85.1 Å². The number of carboxylic acids is 1. The van der Waals surface area contributed by atoms with E-state index in [4.69, 9.17) is 5.11 Å². The van der Waals surface area contributed by atoms with Gasteiger partial charge in [0.1, 0.15) is 0 Å². The molecule has 7 heteroatoms. The fourth-order valence-corrected chi connectivity index (χ4v) is 3.06. The van der Waals surface area contributed by atoms with Gasteiger partial charge in [0.2, 0.25) is 0 Å². The van der Waals surface area contributed by atoms with Crippen molar-refractivity contribution in [3.8, 4) is 0 Å². The molecule has 106 valence electrons. The van der Waals surface area contributed by atoms with Crippen molar-refractivity contribution in [1.82, 2.24) is 15.0 Å². The third kappa shape index (κ3) is 3.30. The minimum absolute atomic E-state index is 0.109. The van der Waals surface area contributed by atoms with Gasteiger partial charge in [-0.2, -0.15) is 0 Å². The summed E-state index contributed by atoms with van der Waals surface area (Å²) in [5.74, 6) is -0.751. The van der Waals surface area contributed by atoms with Crippen LogP contribution in [0.1, 0.15) is 21.6 Å². The largest absolute Gasteiger partial charge is 0.476 e. The maximum atomic E-state index is 12.2. The van der Waals surface area contributed by atoms with E-state index in [1.165, 1.54) is 10.9 Å². The van der Waals surface area contributed by atoms with Gasteiger partial charge in [0.15, 0.2) is 5.69 Å². The molecule has 1 aromatic carbocycles. The van der Waals surface area contributed by atoms with Crippen molar-refractivity contribution < 1.29 is 14.1 Å². The molecule has 0 saturated heterocycles. The number of aryl methyl sites for hydroxylation is 3. The van der Waals surface area contributed by atoms with E-state index >= 15 is 0 Å². The van der Waals surface area contributed by atoms with Gasteiger partial charge in [-0.25, -0.2) is 4.79 Å². The number of carbonyl (C=O) groups is 1. The molecule has 0 aliphatic heterocycles. The normalized spacial score (nSPS) is 12.3. The maximum absolute atomic E-state index is 12.2. The summed E-state index contributed by atoms with van der Waals surface area (Å²) in [5.41, 5.74) is 2.01. The Morgan fingerprint density at radius 3 is 2.75 bits per heavy atom. The number of aromatic carboxylic acids is 1. The predicted octanol–water partition coefficient (Wildman–Crippen LogP) is 1.40. The van der Waals surface area contributed by atoms with Gasteiger partial charge < -0.3 is 5.11 Å². The Balaban J connectivity index is 2.02. The van der Waals surface area contributed by atoms with Crippen molar-refractivity contribution in [2.75, 3.05) is 5.75 Å². The number of carboxylic acid groups (broad SMARTS) is 1. The second kappa shape index (κ2) is 5.96. The molecular formula is C13H15N3O3S. The molecule has 1 N–H and O–H groups in total. The molecule has 0 saturated carbocycles. The Bertz CT molecular complexity index is 667. The van der Waals surface area contributed by atoms with Crippen molar-refractivity contribution >= 4 is 16.8 Å². The predicted molar refractivity (Wildman–Crippen MR) is 74.2 cm³/mol. The van der Waals surface area contributed by atoms with E-state index in [2.05, 4.69) is 10.3 Å². The number of benzene rings is 1. The summed E-state index contributed by atoms with van der Waals surface area (Å²) in [6.45, 7) is 4.28.